The molecule has 39 heavy (non-hydrogen) atoms. The van der Waals surface area contributed by atoms with Gasteiger partial charge in [0.2, 0.25) is 18.6 Å². The smallest absolute Gasteiger partial charge is 0.269 e. The van der Waals surface area contributed by atoms with E-state index < -0.39 is 34.7 Å². The van der Waals surface area contributed by atoms with Gasteiger partial charge in [-0.05, 0) is 47.0 Å². The fourth-order valence-electron chi connectivity index (χ4n) is 6.21. The average Bonchev–Trinajstić information content (AvgIpc) is 3.62. The lowest BCUT2D eigenvalue weighted by Gasteiger charge is -2.35. The highest BCUT2D eigenvalue weighted by Crippen LogP contribution is 2.53. The molecule has 3 aromatic rings. The molecular weight excluding hydrogens is 502 g/mol. The zero-order valence-electron chi connectivity index (χ0n) is 20.4. The number of benzene rings is 3. The molecule has 2 saturated heterocycles. The summed E-state index contributed by atoms with van der Waals surface area (Å²) in [5.41, 5.74) is 2.62. The largest absolute Gasteiger partial charge is 0.454 e. The molecule has 0 aliphatic carbocycles. The Kier molecular flexibility index (Phi) is 5.06. The Morgan fingerprint density at radius 3 is 2.49 bits per heavy atom. The van der Waals surface area contributed by atoms with Crippen molar-refractivity contribution < 1.29 is 28.8 Å². The maximum Gasteiger partial charge on any atom is 0.269 e. The van der Waals surface area contributed by atoms with Crippen LogP contribution >= 0.6 is 0 Å². The van der Waals surface area contributed by atoms with Crippen LogP contribution in [0.3, 0.4) is 0 Å². The molecule has 0 unspecified atom stereocenters. The van der Waals surface area contributed by atoms with Crippen LogP contribution in [0.1, 0.15) is 33.1 Å². The van der Waals surface area contributed by atoms with Crippen LogP contribution in [0.5, 0.6) is 11.5 Å². The zero-order valence-corrected chi connectivity index (χ0v) is 20.4. The van der Waals surface area contributed by atoms with Crippen LogP contribution in [0, 0.1) is 22.0 Å². The molecule has 2 fully saturated rings. The van der Waals surface area contributed by atoms with Gasteiger partial charge in [0.1, 0.15) is 6.04 Å². The quantitative estimate of drug-likeness (QED) is 0.215. The highest BCUT2D eigenvalue weighted by molar-refractivity contribution is 6.12. The van der Waals surface area contributed by atoms with Crippen molar-refractivity contribution in [3.8, 4) is 11.5 Å². The summed E-state index contributed by atoms with van der Waals surface area (Å²) in [5.74, 6) is -1.62. The number of non-ortho nitro benzene ring substituents is 1. The first-order chi connectivity index (χ1) is 18.9. The van der Waals surface area contributed by atoms with E-state index in [4.69, 9.17) is 9.47 Å². The van der Waals surface area contributed by atoms with Crippen molar-refractivity contribution in [1.29, 1.82) is 0 Å². The fraction of sp³-hybridized carbons (Fsp3) is 0.207. The van der Waals surface area contributed by atoms with Gasteiger partial charge in [0.05, 0.1) is 29.3 Å². The predicted molar refractivity (Wildman–Crippen MR) is 136 cm³/mol. The number of likely N-dealkylation sites (tertiary alicyclic amines) is 1. The lowest BCUT2D eigenvalue weighted by atomic mass is 9.83. The van der Waals surface area contributed by atoms with E-state index in [1.807, 2.05) is 35.2 Å². The van der Waals surface area contributed by atoms with Crippen LogP contribution < -0.4 is 9.47 Å². The number of hydrogen-bond donors (Lipinski definition) is 0. The minimum Gasteiger partial charge on any atom is -0.454 e. The molecule has 7 rings (SSSR count). The van der Waals surface area contributed by atoms with E-state index in [-0.39, 0.29) is 36.3 Å². The van der Waals surface area contributed by atoms with Crippen molar-refractivity contribution in [2.24, 2.45) is 11.8 Å². The van der Waals surface area contributed by atoms with Crippen molar-refractivity contribution in [1.82, 2.24) is 9.80 Å². The second-order valence-corrected chi connectivity index (χ2v) is 9.95. The van der Waals surface area contributed by atoms with Gasteiger partial charge in [0.25, 0.3) is 5.69 Å². The topological polar surface area (TPSA) is 119 Å². The highest BCUT2D eigenvalue weighted by atomic mass is 16.7. The van der Waals surface area contributed by atoms with Crippen molar-refractivity contribution in [3.05, 3.63) is 105 Å². The Labute approximate surface area is 222 Å². The first-order valence-corrected chi connectivity index (χ1v) is 12.5. The van der Waals surface area contributed by atoms with Gasteiger partial charge in [-0.15, -0.1) is 0 Å². The molecular formula is C29H21N3O7. The Balaban J connectivity index is 1.28. The van der Waals surface area contributed by atoms with Crippen LogP contribution in [-0.4, -0.2) is 45.2 Å². The lowest BCUT2D eigenvalue weighted by Crippen LogP contribution is -2.44. The van der Waals surface area contributed by atoms with Gasteiger partial charge in [-0.1, -0.05) is 30.3 Å². The van der Waals surface area contributed by atoms with Crippen molar-refractivity contribution >= 4 is 29.4 Å². The average molecular weight is 524 g/mol. The second kappa shape index (κ2) is 8.52. The Morgan fingerprint density at radius 1 is 0.949 bits per heavy atom. The molecule has 0 spiro atoms. The minimum absolute atomic E-state index is 0.0456. The third kappa shape index (κ3) is 3.44. The molecule has 0 saturated carbocycles. The van der Waals surface area contributed by atoms with E-state index >= 15 is 0 Å². The van der Waals surface area contributed by atoms with Gasteiger partial charge in [0.15, 0.2) is 17.3 Å². The molecule has 4 heterocycles. The molecule has 2 amide bonds. The van der Waals surface area contributed by atoms with Crippen LogP contribution in [0.2, 0.25) is 0 Å². The van der Waals surface area contributed by atoms with E-state index in [0.717, 1.165) is 11.1 Å². The highest BCUT2D eigenvalue weighted by Gasteiger charge is 2.64. The third-order valence-electron chi connectivity index (χ3n) is 7.96. The Hall–Kier alpha value is -4.99. The number of Topliss-reactive ketones (excluding diaryl/α,β-unsaturated/α-hetero) is 1. The number of nitro groups is 1. The van der Waals surface area contributed by atoms with E-state index in [0.29, 0.717) is 17.1 Å². The number of nitro benzene ring substituents is 1. The van der Waals surface area contributed by atoms with Gasteiger partial charge < -0.3 is 14.4 Å². The Bertz CT molecular complexity index is 1600. The summed E-state index contributed by atoms with van der Waals surface area (Å²) in [4.78, 5) is 55.4. The van der Waals surface area contributed by atoms with Crippen molar-refractivity contribution in [2.75, 3.05) is 6.79 Å². The number of carbonyl (C=O) groups is 3. The first kappa shape index (κ1) is 23.2. The summed E-state index contributed by atoms with van der Waals surface area (Å²) in [6.07, 6.45) is 3.66. The van der Waals surface area contributed by atoms with E-state index in [1.165, 1.54) is 29.2 Å². The predicted octanol–water partition coefficient (Wildman–Crippen LogP) is 3.72. The molecule has 4 aliphatic rings. The van der Waals surface area contributed by atoms with Crippen molar-refractivity contribution in [3.63, 3.8) is 0 Å². The number of fused-ring (bicyclic) bond motifs is 6. The van der Waals surface area contributed by atoms with Crippen LogP contribution in [0.4, 0.5) is 5.69 Å². The number of ketones is 1. The summed E-state index contributed by atoms with van der Waals surface area (Å²) in [6, 6.07) is 16.8. The molecule has 0 bridgehead atoms. The molecule has 10 nitrogen and oxygen atoms in total. The standard InChI is InChI=1S/C29H21N3O7/c33-27(18-6-8-19(9-7-18)32(36)37)26-24-23(25-20-4-2-1-3-17(20)11-12-30(25)26)28(34)31(29(24)35)14-16-5-10-21-22(13-16)39-15-38-21/h1-13,23-26H,14-15H2/t23-,24-,25-,26+/m1/s1. The molecule has 0 radical (unpaired) electrons. The van der Waals surface area contributed by atoms with Crippen LogP contribution in [0.25, 0.3) is 6.08 Å². The number of amides is 2. The van der Waals surface area contributed by atoms with E-state index in [1.54, 1.807) is 24.4 Å². The molecule has 3 aromatic carbocycles. The van der Waals surface area contributed by atoms with Gasteiger partial charge in [-0.3, -0.25) is 29.4 Å². The zero-order chi connectivity index (χ0) is 26.8. The van der Waals surface area contributed by atoms with E-state index in [2.05, 4.69) is 0 Å². The van der Waals surface area contributed by atoms with Crippen LogP contribution in [0.15, 0.2) is 72.9 Å². The monoisotopic (exact) mass is 523 g/mol. The molecule has 10 heteroatoms. The molecule has 4 atom stereocenters. The lowest BCUT2D eigenvalue weighted by molar-refractivity contribution is -0.384. The summed E-state index contributed by atoms with van der Waals surface area (Å²) in [7, 11) is 0. The van der Waals surface area contributed by atoms with Crippen molar-refractivity contribution in [2.45, 2.75) is 18.6 Å². The number of hydrogen-bond acceptors (Lipinski definition) is 8. The third-order valence-corrected chi connectivity index (χ3v) is 7.96. The summed E-state index contributed by atoms with van der Waals surface area (Å²) >= 11 is 0. The first-order valence-electron chi connectivity index (χ1n) is 12.5. The molecule has 4 aliphatic heterocycles. The SMILES string of the molecule is O=C(c1ccc([N+](=O)[O-])cc1)[C@@H]1[C@@H]2C(=O)N(Cc3ccc4c(c3)OCO4)C(=O)[C@H]2[C@H]2c3ccccc3C=CN12. The number of carbonyl (C=O) groups excluding carboxylic acids is 3. The van der Waals surface area contributed by atoms with Gasteiger partial charge in [-0.25, -0.2) is 0 Å². The fourth-order valence-corrected chi connectivity index (χ4v) is 6.21. The minimum atomic E-state index is -0.940. The van der Waals surface area contributed by atoms with Crippen LogP contribution in [-0.2, 0) is 16.1 Å². The number of imide groups is 1. The maximum atomic E-state index is 13.9. The number of nitrogens with zero attached hydrogens (tertiary/aromatic N) is 3. The summed E-state index contributed by atoms with van der Waals surface area (Å²) in [5, 5.41) is 11.1. The molecule has 0 N–H and O–H groups in total. The number of rotatable bonds is 5. The second-order valence-electron chi connectivity index (χ2n) is 9.95. The summed E-state index contributed by atoms with van der Waals surface area (Å²) in [6.45, 7) is 0.158. The van der Waals surface area contributed by atoms with Gasteiger partial charge >= 0.3 is 0 Å². The Morgan fingerprint density at radius 2 is 1.69 bits per heavy atom. The normalized spacial score (nSPS) is 24.0. The molecule has 0 aromatic heterocycles. The maximum absolute atomic E-state index is 13.9. The van der Waals surface area contributed by atoms with Gasteiger partial charge in [0, 0.05) is 23.9 Å². The van der Waals surface area contributed by atoms with E-state index in [9.17, 15) is 24.5 Å². The summed E-state index contributed by atoms with van der Waals surface area (Å²) < 4.78 is 10.8. The molecule has 194 valence electrons. The number of ether oxygens (including phenoxy) is 2. The van der Waals surface area contributed by atoms with Gasteiger partial charge in [-0.2, -0.15) is 0 Å².